The molecule has 2 heterocycles. The summed E-state index contributed by atoms with van der Waals surface area (Å²) < 4.78 is 5.07. The van der Waals surface area contributed by atoms with Crippen LogP contribution in [0.3, 0.4) is 0 Å². The Morgan fingerprint density at radius 1 is 1.04 bits per heavy atom. The molecule has 8 heteroatoms. The smallest absolute Gasteiger partial charge is 0.340 e. The van der Waals surface area contributed by atoms with Gasteiger partial charge in [-0.2, -0.15) is 0 Å². The van der Waals surface area contributed by atoms with Crippen LogP contribution in [0.1, 0.15) is 10.4 Å². The zero-order valence-corrected chi connectivity index (χ0v) is 15.4. The monoisotopic (exact) mass is 393 g/mol. The number of anilines is 1. The van der Waals surface area contributed by atoms with Crippen LogP contribution in [0, 0.1) is 0 Å². The van der Waals surface area contributed by atoms with Gasteiger partial charge in [0, 0.05) is 32.4 Å². The number of rotatable bonds is 4. The summed E-state index contributed by atoms with van der Waals surface area (Å²) in [7, 11) is 0. The molecule has 0 bridgehead atoms. The third-order valence-electron chi connectivity index (χ3n) is 4.12. The van der Waals surface area contributed by atoms with Gasteiger partial charge in [0.1, 0.15) is 5.15 Å². The molecule has 1 aromatic heterocycles. The van der Waals surface area contributed by atoms with Crippen molar-refractivity contribution in [2.45, 2.75) is 0 Å². The van der Waals surface area contributed by atoms with E-state index >= 15 is 0 Å². The number of benzene rings is 1. The second kappa shape index (κ2) is 8.38. The number of nitrogens with zero attached hydrogens (tertiary/aromatic N) is 3. The second-order valence-electron chi connectivity index (χ2n) is 5.76. The number of aromatic nitrogens is 1. The van der Waals surface area contributed by atoms with Crippen LogP contribution in [0.25, 0.3) is 0 Å². The standard InChI is InChI=1S/C18H17Cl2N3O3/c19-14-3-1-2-4-15(14)22-7-9-23(10-8-22)17(24)12-26-18(25)13-5-6-16(20)21-11-13/h1-6,11H,7-10,12H2. The summed E-state index contributed by atoms with van der Waals surface area (Å²) in [5, 5.41) is 0.979. The first-order valence-electron chi connectivity index (χ1n) is 8.10. The van der Waals surface area contributed by atoms with Crippen LogP contribution in [0.15, 0.2) is 42.6 Å². The maximum atomic E-state index is 12.3. The Morgan fingerprint density at radius 3 is 2.42 bits per heavy atom. The van der Waals surface area contributed by atoms with E-state index in [1.807, 2.05) is 24.3 Å². The number of pyridine rings is 1. The van der Waals surface area contributed by atoms with Crippen molar-refractivity contribution in [2.75, 3.05) is 37.7 Å². The molecule has 1 saturated heterocycles. The minimum Gasteiger partial charge on any atom is -0.452 e. The van der Waals surface area contributed by atoms with Crippen molar-refractivity contribution in [2.24, 2.45) is 0 Å². The van der Waals surface area contributed by atoms with E-state index in [0.29, 0.717) is 31.2 Å². The summed E-state index contributed by atoms with van der Waals surface area (Å²) in [5.41, 5.74) is 1.22. The van der Waals surface area contributed by atoms with Gasteiger partial charge in [-0.1, -0.05) is 35.3 Å². The number of hydrogen-bond donors (Lipinski definition) is 0. The average Bonchev–Trinajstić information content (AvgIpc) is 2.67. The first-order chi connectivity index (χ1) is 12.5. The van der Waals surface area contributed by atoms with Gasteiger partial charge in [-0.3, -0.25) is 4.79 Å². The lowest BCUT2D eigenvalue weighted by atomic mass is 10.2. The number of ether oxygens (including phenoxy) is 1. The summed E-state index contributed by atoms with van der Waals surface area (Å²) in [5.74, 6) is -0.823. The lowest BCUT2D eigenvalue weighted by molar-refractivity contribution is -0.134. The summed E-state index contributed by atoms with van der Waals surface area (Å²) in [6.45, 7) is 2.14. The van der Waals surface area contributed by atoms with E-state index in [1.54, 1.807) is 4.90 Å². The molecule has 6 nitrogen and oxygen atoms in total. The van der Waals surface area contributed by atoms with Crippen LogP contribution in [0.5, 0.6) is 0 Å². The van der Waals surface area contributed by atoms with E-state index in [4.69, 9.17) is 27.9 Å². The third-order valence-corrected chi connectivity index (χ3v) is 4.66. The van der Waals surface area contributed by atoms with Crippen molar-refractivity contribution in [3.05, 3.63) is 58.3 Å². The predicted octanol–water partition coefficient (Wildman–Crippen LogP) is 2.89. The molecular weight excluding hydrogens is 377 g/mol. The molecule has 136 valence electrons. The Hall–Kier alpha value is -2.31. The molecule has 0 radical (unpaired) electrons. The largest absolute Gasteiger partial charge is 0.452 e. The van der Waals surface area contributed by atoms with E-state index in [-0.39, 0.29) is 23.2 Å². The number of amides is 1. The Morgan fingerprint density at radius 2 is 1.77 bits per heavy atom. The number of halogens is 2. The molecular formula is C18H17Cl2N3O3. The molecule has 1 aliphatic rings. The number of carbonyl (C=O) groups excluding carboxylic acids is 2. The molecule has 1 fully saturated rings. The average molecular weight is 394 g/mol. The van der Waals surface area contributed by atoms with Gasteiger partial charge in [0.25, 0.3) is 5.91 Å². The Kier molecular flexibility index (Phi) is 5.96. The number of piperazine rings is 1. The molecule has 26 heavy (non-hydrogen) atoms. The van der Waals surface area contributed by atoms with E-state index in [0.717, 1.165) is 5.69 Å². The van der Waals surface area contributed by atoms with Gasteiger partial charge in [-0.05, 0) is 24.3 Å². The van der Waals surface area contributed by atoms with Crippen molar-refractivity contribution in [3.63, 3.8) is 0 Å². The maximum Gasteiger partial charge on any atom is 0.340 e. The van der Waals surface area contributed by atoms with E-state index < -0.39 is 5.97 Å². The quantitative estimate of drug-likeness (QED) is 0.590. The molecule has 1 aliphatic heterocycles. The number of para-hydroxylation sites is 1. The number of esters is 1. The van der Waals surface area contributed by atoms with Gasteiger partial charge in [0.2, 0.25) is 0 Å². The normalized spacial score (nSPS) is 14.2. The van der Waals surface area contributed by atoms with Crippen LogP contribution in [-0.4, -0.2) is 54.5 Å². The molecule has 1 amide bonds. The van der Waals surface area contributed by atoms with Crippen molar-refractivity contribution in [1.29, 1.82) is 0 Å². The Balaban J connectivity index is 1.48. The van der Waals surface area contributed by atoms with Gasteiger partial charge in [-0.15, -0.1) is 0 Å². The van der Waals surface area contributed by atoms with Crippen molar-refractivity contribution in [3.8, 4) is 0 Å². The summed E-state index contributed by atoms with van der Waals surface area (Å²) in [6, 6.07) is 10.6. The first-order valence-corrected chi connectivity index (χ1v) is 8.86. The number of carbonyl (C=O) groups is 2. The molecule has 0 unspecified atom stereocenters. The highest BCUT2D eigenvalue weighted by atomic mass is 35.5. The van der Waals surface area contributed by atoms with Crippen molar-refractivity contribution < 1.29 is 14.3 Å². The van der Waals surface area contributed by atoms with Gasteiger partial charge >= 0.3 is 5.97 Å². The van der Waals surface area contributed by atoms with Crippen LogP contribution in [-0.2, 0) is 9.53 Å². The summed E-state index contributed by atoms with van der Waals surface area (Å²) >= 11 is 11.9. The van der Waals surface area contributed by atoms with E-state index in [9.17, 15) is 9.59 Å². The maximum absolute atomic E-state index is 12.3. The molecule has 0 saturated carbocycles. The Bertz CT molecular complexity index is 791. The Labute approximate surface area is 161 Å². The van der Waals surface area contributed by atoms with E-state index in [1.165, 1.54) is 18.3 Å². The SMILES string of the molecule is O=C(OCC(=O)N1CCN(c2ccccc2Cl)CC1)c1ccc(Cl)nc1. The summed E-state index contributed by atoms with van der Waals surface area (Å²) in [6.07, 6.45) is 1.32. The lowest BCUT2D eigenvalue weighted by Gasteiger charge is -2.36. The molecule has 3 rings (SSSR count). The fourth-order valence-corrected chi connectivity index (χ4v) is 3.07. The highest BCUT2D eigenvalue weighted by Gasteiger charge is 2.23. The second-order valence-corrected chi connectivity index (χ2v) is 6.56. The highest BCUT2D eigenvalue weighted by Crippen LogP contribution is 2.26. The zero-order valence-electron chi connectivity index (χ0n) is 13.9. The lowest BCUT2D eigenvalue weighted by Crippen LogP contribution is -2.50. The van der Waals surface area contributed by atoms with E-state index in [2.05, 4.69) is 9.88 Å². The fourth-order valence-electron chi connectivity index (χ4n) is 2.70. The van der Waals surface area contributed by atoms with Crippen LogP contribution in [0.4, 0.5) is 5.69 Å². The molecule has 1 aromatic carbocycles. The number of hydrogen-bond acceptors (Lipinski definition) is 5. The third kappa shape index (κ3) is 4.45. The molecule has 0 atom stereocenters. The summed E-state index contributed by atoms with van der Waals surface area (Å²) in [4.78, 5) is 31.8. The molecule has 0 aliphatic carbocycles. The predicted molar refractivity (Wildman–Crippen MR) is 99.8 cm³/mol. The molecule has 0 N–H and O–H groups in total. The van der Waals surface area contributed by atoms with Gasteiger partial charge in [0.05, 0.1) is 16.3 Å². The minimum absolute atomic E-state index is 0.223. The van der Waals surface area contributed by atoms with Crippen LogP contribution >= 0.6 is 23.2 Å². The first kappa shape index (κ1) is 18.5. The van der Waals surface area contributed by atoms with Crippen molar-refractivity contribution >= 4 is 40.8 Å². The molecule has 0 spiro atoms. The molecule has 2 aromatic rings. The van der Waals surface area contributed by atoms with Gasteiger partial charge in [-0.25, -0.2) is 9.78 Å². The fraction of sp³-hybridized carbons (Fsp3) is 0.278. The van der Waals surface area contributed by atoms with Crippen LogP contribution < -0.4 is 4.90 Å². The zero-order chi connectivity index (χ0) is 18.5. The van der Waals surface area contributed by atoms with Crippen LogP contribution in [0.2, 0.25) is 10.2 Å². The van der Waals surface area contributed by atoms with Crippen molar-refractivity contribution in [1.82, 2.24) is 9.88 Å². The van der Waals surface area contributed by atoms with Gasteiger partial charge in [0.15, 0.2) is 6.61 Å². The topological polar surface area (TPSA) is 62.7 Å². The van der Waals surface area contributed by atoms with Gasteiger partial charge < -0.3 is 14.5 Å². The highest BCUT2D eigenvalue weighted by molar-refractivity contribution is 6.33. The minimum atomic E-state index is -0.600.